The molecule has 1 N–H and O–H groups in total. The Morgan fingerprint density at radius 3 is 2.40 bits per heavy atom. The molecule has 1 aromatic carbocycles. The van der Waals surface area contributed by atoms with Crippen LogP contribution in [0.25, 0.3) is 0 Å². The minimum Gasteiger partial charge on any atom is -0.339 e. The van der Waals surface area contributed by atoms with Crippen LogP contribution in [0.1, 0.15) is 18.5 Å². The van der Waals surface area contributed by atoms with Gasteiger partial charge < -0.3 is 10.2 Å². The monoisotopic (exact) mass is 339 g/mol. The number of halogens is 1. The first-order chi connectivity index (χ1) is 9.61. The molecule has 1 saturated heterocycles. The van der Waals surface area contributed by atoms with E-state index in [0.717, 1.165) is 30.7 Å². The molecule has 1 atom stereocenters. The van der Waals surface area contributed by atoms with Crippen LogP contribution >= 0.6 is 15.9 Å². The van der Waals surface area contributed by atoms with Gasteiger partial charge in [-0.15, -0.1) is 0 Å². The summed E-state index contributed by atoms with van der Waals surface area (Å²) >= 11 is 3.47. The summed E-state index contributed by atoms with van der Waals surface area (Å²) in [7, 11) is 1.81. The molecule has 1 aliphatic rings. The Balaban J connectivity index is 1.90. The zero-order valence-corrected chi connectivity index (χ0v) is 13.7. The first-order valence-corrected chi connectivity index (χ1v) is 7.83. The number of likely N-dealkylation sites (N-methyl/N-ethyl adjacent to an activating group) is 1. The van der Waals surface area contributed by atoms with Gasteiger partial charge in [0, 0.05) is 36.7 Å². The lowest BCUT2D eigenvalue weighted by Crippen LogP contribution is -2.51. The van der Waals surface area contributed by atoms with Crippen molar-refractivity contribution >= 4 is 21.8 Å². The number of hydrogen-bond acceptors (Lipinski definition) is 3. The summed E-state index contributed by atoms with van der Waals surface area (Å²) in [6, 6.07) is 8.88. The number of amides is 1. The lowest BCUT2D eigenvalue weighted by atomic mass is 10.1. The fourth-order valence-corrected chi connectivity index (χ4v) is 2.84. The van der Waals surface area contributed by atoms with Gasteiger partial charge in [0.05, 0.1) is 6.54 Å². The molecular weight excluding hydrogens is 318 g/mol. The van der Waals surface area contributed by atoms with Crippen LogP contribution in [0.15, 0.2) is 28.7 Å². The molecule has 0 aromatic heterocycles. The topological polar surface area (TPSA) is 35.6 Å². The van der Waals surface area contributed by atoms with Gasteiger partial charge in [-0.3, -0.25) is 9.69 Å². The number of carbonyl (C=O) groups is 1. The summed E-state index contributed by atoms with van der Waals surface area (Å²) in [5.74, 6) is 0.198. The van der Waals surface area contributed by atoms with Crippen molar-refractivity contribution in [3.8, 4) is 0 Å². The molecule has 0 aliphatic carbocycles. The minimum absolute atomic E-state index is 0.198. The molecule has 110 valence electrons. The molecule has 2 rings (SSSR count). The van der Waals surface area contributed by atoms with Gasteiger partial charge in [-0.25, -0.2) is 0 Å². The second-order valence-corrected chi connectivity index (χ2v) is 6.09. The van der Waals surface area contributed by atoms with Crippen molar-refractivity contribution in [2.75, 3.05) is 39.8 Å². The van der Waals surface area contributed by atoms with E-state index >= 15 is 0 Å². The third kappa shape index (κ3) is 3.81. The van der Waals surface area contributed by atoms with Crippen molar-refractivity contribution in [2.24, 2.45) is 0 Å². The van der Waals surface area contributed by atoms with E-state index in [2.05, 4.69) is 57.3 Å². The van der Waals surface area contributed by atoms with Crippen LogP contribution in [-0.2, 0) is 4.79 Å². The molecule has 0 saturated carbocycles. The van der Waals surface area contributed by atoms with E-state index in [9.17, 15) is 4.79 Å². The Kier molecular flexibility index (Phi) is 5.57. The Morgan fingerprint density at radius 2 is 1.85 bits per heavy atom. The van der Waals surface area contributed by atoms with Gasteiger partial charge >= 0.3 is 0 Å². The van der Waals surface area contributed by atoms with Gasteiger partial charge in [0.15, 0.2) is 0 Å². The molecular formula is C15H22BrN3O. The number of nitrogens with zero attached hydrogens (tertiary/aromatic N) is 2. The fraction of sp³-hybridized carbons (Fsp3) is 0.533. The Labute approximate surface area is 129 Å². The van der Waals surface area contributed by atoms with Crippen molar-refractivity contribution in [1.82, 2.24) is 15.1 Å². The van der Waals surface area contributed by atoms with Crippen molar-refractivity contribution in [1.29, 1.82) is 0 Å². The second kappa shape index (κ2) is 7.20. The van der Waals surface area contributed by atoms with Gasteiger partial charge in [0.1, 0.15) is 0 Å². The number of hydrogen-bond donors (Lipinski definition) is 1. The number of benzene rings is 1. The molecule has 1 amide bonds. The molecule has 0 bridgehead atoms. The minimum atomic E-state index is 0.198. The molecule has 1 unspecified atom stereocenters. The lowest BCUT2D eigenvalue weighted by molar-refractivity contribution is -0.132. The van der Waals surface area contributed by atoms with Gasteiger partial charge in [0.25, 0.3) is 0 Å². The summed E-state index contributed by atoms with van der Waals surface area (Å²) in [6.45, 7) is 6.18. The van der Waals surface area contributed by atoms with Gasteiger partial charge in [-0.1, -0.05) is 28.1 Å². The first kappa shape index (κ1) is 15.5. The maximum atomic E-state index is 11.8. The summed E-state index contributed by atoms with van der Waals surface area (Å²) < 4.78 is 1.11. The predicted molar refractivity (Wildman–Crippen MR) is 84.6 cm³/mol. The summed E-state index contributed by atoms with van der Waals surface area (Å²) in [6.07, 6.45) is 0. The lowest BCUT2D eigenvalue weighted by Gasteiger charge is -2.38. The third-order valence-electron chi connectivity index (χ3n) is 3.90. The van der Waals surface area contributed by atoms with Crippen LogP contribution < -0.4 is 5.32 Å². The van der Waals surface area contributed by atoms with E-state index in [1.54, 1.807) is 0 Å². The largest absolute Gasteiger partial charge is 0.339 e. The van der Waals surface area contributed by atoms with E-state index in [1.165, 1.54) is 5.56 Å². The summed E-state index contributed by atoms with van der Waals surface area (Å²) in [5, 5.41) is 2.92. The number of nitrogens with one attached hydrogen (secondary N) is 1. The predicted octanol–water partition coefficient (Wildman–Crippen LogP) is 1.87. The Hall–Kier alpha value is -0.910. The standard InChI is InChI=1S/C15H22BrN3O/c1-12(13-3-5-14(16)6-4-13)18-7-9-19(10-8-18)15(20)11-17-2/h3-6,12,17H,7-11H2,1-2H3. The molecule has 1 aromatic rings. The number of carbonyl (C=O) groups excluding carboxylic acids is 1. The van der Waals surface area contributed by atoms with E-state index in [4.69, 9.17) is 0 Å². The molecule has 1 heterocycles. The van der Waals surface area contributed by atoms with Crippen molar-refractivity contribution < 1.29 is 4.79 Å². The summed E-state index contributed by atoms with van der Waals surface area (Å²) in [5.41, 5.74) is 1.32. The molecule has 0 radical (unpaired) electrons. The average Bonchev–Trinajstić information content (AvgIpc) is 2.48. The van der Waals surface area contributed by atoms with E-state index in [-0.39, 0.29) is 5.91 Å². The number of rotatable bonds is 4. The second-order valence-electron chi connectivity index (χ2n) is 5.17. The highest BCUT2D eigenvalue weighted by Crippen LogP contribution is 2.23. The number of piperazine rings is 1. The van der Waals surface area contributed by atoms with E-state index in [1.807, 2.05) is 11.9 Å². The van der Waals surface area contributed by atoms with Crippen LogP contribution in [0.4, 0.5) is 0 Å². The van der Waals surface area contributed by atoms with Crippen LogP contribution in [0.3, 0.4) is 0 Å². The molecule has 0 spiro atoms. The van der Waals surface area contributed by atoms with Crippen LogP contribution in [0, 0.1) is 0 Å². The van der Waals surface area contributed by atoms with Gasteiger partial charge in [-0.05, 0) is 31.7 Å². The average molecular weight is 340 g/mol. The molecule has 1 fully saturated rings. The molecule has 4 nitrogen and oxygen atoms in total. The van der Waals surface area contributed by atoms with Crippen LogP contribution in [0.2, 0.25) is 0 Å². The van der Waals surface area contributed by atoms with Crippen LogP contribution in [0.5, 0.6) is 0 Å². The molecule has 1 aliphatic heterocycles. The SMILES string of the molecule is CNCC(=O)N1CCN(C(C)c2ccc(Br)cc2)CC1. The zero-order chi connectivity index (χ0) is 14.5. The highest BCUT2D eigenvalue weighted by Gasteiger charge is 2.24. The van der Waals surface area contributed by atoms with Crippen molar-refractivity contribution in [2.45, 2.75) is 13.0 Å². The van der Waals surface area contributed by atoms with Crippen LogP contribution in [-0.4, -0.2) is 55.5 Å². The van der Waals surface area contributed by atoms with Gasteiger partial charge in [-0.2, -0.15) is 0 Å². The Bertz CT molecular complexity index is 441. The van der Waals surface area contributed by atoms with Crippen molar-refractivity contribution in [3.63, 3.8) is 0 Å². The summed E-state index contributed by atoms with van der Waals surface area (Å²) in [4.78, 5) is 16.2. The fourth-order valence-electron chi connectivity index (χ4n) is 2.57. The van der Waals surface area contributed by atoms with Crippen molar-refractivity contribution in [3.05, 3.63) is 34.3 Å². The maximum absolute atomic E-state index is 11.8. The Morgan fingerprint density at radius 1 is 1.25 bits per heavy atom. The highest BCUT2D eigenvalue weighted by atomic mass is 79.9. The van der Waals surface area contributed by atoms with Gasteiger partial charge in [0.2, 0.25) is 5.91 Å². The zero-order valence-electron chi connectivity index (χ0n) is 12.1. The smallest absolute Gasteiger partial charge is 0.236 e. The molecule has 5 heteroatoms. The quantitative estimate of drug-likeness (QED) is 0.909. The first-order valence-electron chi connectivity index (χ1n) is 7.03. The maximum Gasteiger partial charge on any atom is 0.236 e. The van der Waals surface area contributed by atoms with E-state index in [0.29, 0.717) is 12.6 Å². The normalized spacial score (nSPS) is 18.1. The molecule has 20 heavy (non-hydrogen) atoms. The third-order valence-corrected chi connectivity index (χ3v) is 4.42. The van der Waals surface area contributed by atoms with E-state index < -0.39 is 0 Å². The highest BCUT2D eigenvalue weighted by molar-refractivity contribution is 9.10.